The van der Waals surface area contributed by atoms with Crippen molar-refractivity contribution in [2.24, 2.45) is 11.8 Å². The second-order valence-electron chi connectivity index (χ2n) is 5.15. The third kappa shape index (κ3) is 3.81. The summed E-state index contributed by atoms with van der Waals surface area (Å²) in [5, 5.41) is 3.30. The highest BCUT2D eigenvalue weighted by molar-refractivity contribution is 6.29. The lowest BCUT2D eigenvalue weighted by atomic mass is 9.87. The zero-order valence-corrected chi connectivity index (χ0v) is 11.7. The fourth-order valence-electron chi connectivity index (χ4n) is 2.54. The molecule has 5 nitrogen and oxygen atoms in total. The van der Waals surface area contributed by atoms with Gasteiger partial charge in [-0.05, 0) is 30.9 Å². The van der Waals surface area contributed by atoms with E-state index in [9.17, 15) is 4.79 Å². The highest BCUT2D eigenvalue weighted by Gasteiger charge is 2.21. The Morgan fingerprint density at radius 1 is 1.47 bits per heavy atom. The van der Waals surface area contributed by atoms with Crippen LogP contribution in [-0.4, -0.2) is 16.9 Å². The van der Waals surface area contributed by atoms with Crippen LogP contribution in [0, 0.1) is 5.92 Å². The summed E-state index contributed by atoms with van der Waals surface area (Å²) in [4.78, 5) is 16.1. The first-order valence-corrected chi connectivity index (χ1v) is 6.91. The Hall–Kier alpha value is -1.33. The van der Waals surface area contributed by atoms with Gasteiger partial charge in [-0.15, -0.1) is 0 Å². The molecule has 1 aromatic heterocycles. The number of rotatable bonds is 3. The molecule has 2 unspecified atom stereocenters. The molecule has 4 N–H and O–H groups in total. The van der Waals surface area contributed by atoms with Gasteiger partial charge in [0, 0.05) is 11.6 Å². The number of halogens is 1. The molecule has 1 aliphatic carbocycles. The van der Waals surface area contributed by atoms with Crippen molar-refractivity contribution in [3.8, 4) is 0 Å². The third-order valence-corrected chi connectivity index (χ3v) is 3.67. The summed E-state index contributed by atoms with van der Waals surface area (Å²) in [6.45, 7) is 2.22. The number of amides is 1. The lowest BCUT2D eigenvalue weighted by molar-refractivity contribution is 0.0921. The van der Waals surface area contributed by atoms with E-state index in [0.717, 1.165) is 12.8 Å². The number of nitrogens with two attached hydrogens (primary N) is 1. The van der Waals surface area contributed by atoms with Gasteiger partial charge in [0.1, 0.15) is 11.0 Å². The summed E-state index contributed by atoms with van der Waals surface area (Å²) in [7, 11) is 0. The van der Waals surface area contributed by atoms with Crippen molar-refractivity contribution < 1.29 is 4.79 Å². The predicted molar refractivity (Wildman–Crippen MR) is 75.9 cm³/mol. The van der Waals surface area contributed by atoms with Crippen molar-refractivity contribution in [1.29, 1.82) is 0 Å². The number of hydrogen-bond acceptors (Lipinski definition) is 4. The van der Waals surface area contributed by atoms with E-state index >= 15 is 0 Å². The summed E-state index contributed by atoms with van der Waals surface area (Å²) in [6, 6.07) is 3.38. The smallest absolute Gasteiger partial charge is 0.251 e. The summed E-state index contributed by atoms with van der Waals surface area (Å²) >= 11 is 5.85. The van der Waals surface area contributed by atoms with Gasteiger partial charge in [-0.1, -0.05) is 31.4 Å². The molecule has 0 spiro atoms. The summed E-state index contributed by atoms with van der Waals surface area (Å²) in [6.07, 6.45) is 4.48. The monoisotopic (exact) mass is 282 g/mol. The van der Waals surface area contributed by atoms with E-state index in [1.807, 2.05) is 0 Å². The van der Waals surface area contributed by atoms with Crippen molar-refractivity contribution in [2.75, 3.05) is 5.43 Å². The first-order chi connectivity index (χ1) is 9.08. The van der Waals surface area contributed by atoms with Crippen molar-refractivity contribution >= 4 is 23.3 Å². The number of hydrogen-bond donors (Lipinski definition) is 3. The molecule has 1 saturated carbocycles. The number of hydrazine groups is 1. The zero-order valence-electron chi connectivity index (χ0n) is 10.9. The lowest BCUT2D eigenvalue weighted by Gasteiger charge is -2.27. The Morgan fingerprint density at radius 2 is 2.26 bits per heavy atom. The quantitative estimate of drug-likeness (QED) is 0.452. The van der Waals surface area contributed by atoms with Crippen LogP contribution in [0.2, 0.25) is 5.15 Å². The van der Waals surface area contributed by atoms with E-state index < -0.39 is 0 Å². The maximum Gasteiger partial charge on any atom is 0.251 e. The number of nitrogens with zero attached hydrogens (tertiary/aromatic N) is 1. The van der Waals surface area contributed by atoms with Crippen molar-refractivity contribution in [3.05, 3.63) is 22.8 Å². The number of carbonyl (C=O) groups is 1. The molecule has 1 heterocycles. The highest BCUT2D eigenvalue weighted by atomic mass is 35.5. The van der Waals surface area contributed by atoms with Crippen LogP contribution in [0.1, 0.15) is 43.0 Å². The molecule has 104 valence electrons. The van der Waals surface area contributed by atoms with Crippen LogP contribution in [-0.2, 0) is 0 Å². The van der Waals surface area contributed by atoms with Gasteiger partial charge in [0.05, 0.1) is 0 Å². The molecule has 0 bridgehead atoms. The summed E-state index contributed by atoms with van der Waals surface area (Å²) in [5.74, 6) is 6.21. The average molecular weight is 283 g/mol. The van der Waals surface area contributed by atoms with Gasteiger partial charge in [0.25, 0.3) is 5.91 Å². The van der Waals surface area contributed by atoms with Crippen LogP contribution in [0.4, 0.5) is 5.82 Å². The van der Waals surface area contributed by atoms with Crippen molar-refractivity contribution in [1.82, 2.24) is 10.3 Å². The average Bonchev–Trinajstić information content (AvgIpc) is 2.38. The van der Waals surface area contributed by atoms with Crippen LogP contribution >= 0.6 is 11.6 Å². The molecule has 19 heavy (non-hydrogen) atoms. The predicted octanol–water partition coefficient (Wildman–Crippen LogP) is 2.33. The third-order valence-electron chi connectivity index (χ3n) is 3.48. The van der Waals surface area contributed by atoms with E-state index in [1.54, 1.807) is 12.1 Å². The maximum absolute atomic E-state index is 12.2. The van der Waals surface area contributed by atoms with E-state index in [0.29, 0.717) is 17.3 Å². The van der Waals surface area contributed by atoms with Crippen molar-refractivity contribution in [3.63, 3.8) is 0 Å². The molecular formula is C13H19ClN4O. The number of nitrogens with one attached hydrogen (secondary N) is 2. The fraction of sp³-hybridized carbons (Fsp3) is 0.538. The molecule has 6 heteroatoms. The van der Waals surface area contributed by atoms with Crippen LogP contribution in [0.25, 0.3) is 0 Å². The zero-order chi connectivity index (χ0) is 13.8. The molecular weight excluding hydrogens is 264 g/mol. The second kappa shape index (κ2) is 6.21. The Balaban J connectivity index is 2.05. The first-order valence-electron chi connectivity index (χ1n) is 6.53. The Labute approximate surface area is 117 Å². The van der Waals surface area contributed by atoms with E-state index in [2.05, 4.69) is 22.7 Å². The number of pyridine rings is 1. The molecule has 1 aliphatic rings. The SMILES string of the molecule is CC1CCCC(NC(=O)c2cc(Cl)nc(NN)c2)C1. The largest absolute Gasteiger partial charge is 0.349 e. The van der Waals surface area contributed by atoms with Gasteiger partial charge in [-0.25, -0.2) is 10.8 Å². The molecule has 0 radical (unpaired) electrons. The van der Waals surface area contributed by atoms with E-state index in [-0.39, 0.29) is 17.1 Å². The van der Waals surface area contributed by atoms with Crippen LogP contribution in [0.3, 0.4) is 0 Å². The van der Waals surface area contributed by atoms with Gasteiger partial charge in [-0.2, -0.15) is 0 Å². The Kier molecular flexibility index (Phi) is 4.61. The van der Waals surface area contributed by atoms with Gasteiger partial charge in [-0.3, -0.25) is 4.79 Å². The van der Waals surface area contributed by atoms with Crippen molar-refractivity contribution in [2.45, 2.75) is 38.6 Å². The number of anilines is 1. The fourth-order valence-corrected chi connectivity index (χ4v) is 2.74. The second-order valence-corrected chi connectivity index (χ2v) is 5.54. The molecule has 1 amide bonds. The molecule has 0 saturated heterocycles. The van der Waals surface area contributed by atoms with Gasteiger partial charge in [0.2, 0.25) is 0 Å². The highest BCUT2D eigenvalue weighted by Crippen LogP contribution is 2.24. The maximum atomic E-state index is 12.2. The minimum Gasteiger partial charge on any atom is -0.349 e. The lowest BCUT2D eigenvalue weighted by Crippen LogP contribution is -2.38. The van der Waals surface area contributed by atoms with Crippen LogP contribution < -0.4 is 16.6 Å². The minimum atomic E-state index is -0.125. The van der Waals surface area contributed by atoms with Crippen LogP contribution in [0.15, 0.2) is 12.1 Å². The normalized spacial score (nSPS) is 22.9. The Bertz CT molecular complexity index is 466. The standard InChI is InChI=1S/C13H19ClN4O/c1-8-3-2-4-10(5-8)16-13(19)9-6-11(14)17-12(7-9)18-15/h6-8,10H,2-5,15H2,1H3,(H,16,19)(H,17,18). The topological polar surface area (TPSA) is 80.0 Å². The van der Waals surface area contributed by atoms with Gasteiger partial charge < -0.3 is 10.7 Å². The van der Waals surface area contributed by atoms with E-state index in [4.69, 9.17) is 17.4 Å². The molecule has 2 rings (SSSR count). The first kappa shape index (κ1) is 14.1. The summed E-state index contributed by atoms with van der Waals surface area (Å²) < 4.78 is 0. The summed E-state index contributed by atoms with van der Waals surface area (Å²) in [5.41, 5.74) is 2.88. The van der Waals surface area contributed by atoms with Gasteiger partial charge >= 0.3 is 0 Å². The molecule has 0 aromatic carbocycles. The van der Waals surface area contributed by atoms with E-state index in [1.165, 1.54) is 12.8 Å². The van der Waals surface area contributed by atoms with Crippen LogP contribution in [0.5, 0.6) is 0 Å². The molecule has 0 aliphatic heterocycles. The number of aromatic nitrogens is 1. The van der Waals surface area contributed by atoms with Gasteiger partial charge in [0.15, 0.2) is 0 Å². The number of carbonyl (C=O) groups excluding carboxylic acids is 1. The number of nitrogen functional groups attached to an aromatic ring is 1. The minimum absolute atomic E-state index is 0.125. The molecule has 2 atom stereocenters. The molecule has 1 aromatic rings. The molecule has 1 fully saturated rings. The Morgan fingerprint density at radius 3 is 2.95 bits per heavy atom.